The van der Waals surface area contributed by atoms with Crippen molar-refractivity contribution in [2.45, 2.75) is 0 Å². The highest BCUT2D eigenvalue weighted by Gasteiger charge is 2.23. The van der Waals surface area contributed by atoms with Crippen LogP contribution >= 0.6 is 0 Å². The average molecular weight is 739 g/mol. The predicted octanol–water partition coefficient (Wildman–Crippen LogP) is 14.0. The first-order valence-electron chi connectivity index (χ1n) is 19.8. The summed E-state index contributed by atoms with van der Waals surface area (Å²) in [5.74, 6) is 1.82. The zero-order valence-electron chi connectivity index (χ0n) is 31.4. The average Bonchev–Trinajstić information content (AvgIpc) is 3.88. The molecule has 2 heterocycles. The highest BCUT2D eigenvalue weighted by atomic mass is 15.1. The summed E-state index contributed by atoms with van der Waals surface area (Å²) >= 11 is 0. The molecule has 0 N–H and O–H groups in total. The fourth-order valence-electron chi connectivity index (χ4n) is 9.18. The van der Waals surface area contributed by atoms with Crippen molar-refractivity contribution in [3.8, 4) is 45.3 Å². The van der Waals surface area contributed by atoms with E-state index in [2.05, 4.69) is 215 Å². The van der Waals surface area contributed by atoms with Gasteiger partial charge >= 0.3 is 0 Å². The lowest BCUT2D eigenvalue weighted by Crippen LogP contribution is -2.02. The van der Waals surface area contributed by atoms with E-state index in [1.807, 2.05) is 0 Å². The van der Waals surface area contributed by atoms with Crippen molar-refractivity contribution in [1.82, 2.24) is 19.1 Å². The largest absolute Gasteiger partial charge is 0.292 e. The second-order valence-corrected chi connectivity index (χ2v) is 14.9. The van der Waals surface area contributed by atoms with Gasteiger partial charge < -0.3 is 0 Å². The van der Waals surface area contributed by atoms with Crippen LogP contribution in [0.3, 0.4) is 0 Å². The standard InChI is InChI=1S/C54H34N4/c1-3-17-35(18-4-1)53-55-46-27-11-13-29-50(46)57(53)48-31-15-25-41-43(48)34-44-42(52(41)45-33-37-21-7-8-22-38(37)39-23-9-10-24-40(39)45)26-16-32-49(44)58-51-30-14-12-28-47(51)56-54(58)36-19-5-2-6-20-36/h1-34H. The van der Waals surface area contributed by atoms with E-state index in [4.69, 9.17) is 9.97 Å². The maximum atomic E-state index is 5.27. The molecule has 58 heavy (non-hydrogen) atoms. The highest BCUT2D eigenvalue weighted by Crippen LogP contribution is 2.46. The van der Waals surface area contributed by atoms with Gasteiger partial charge in [0.15, 0.2) is 0 Å². The zero-order chi connectivity index (χ0) is 38.2. The molecule has 0 radical (unpaired) electrons. The van der Waals surface area contributed by atoms with Gasteiger partial charge in [0.05, 0.1) is 33.4 Å². The summed E-state index contributed by atoms with van der Waals surface area (Å²) in [6, 6.07) is 74.0. The lowest BCUT2D eigenvalue weighted by atomic mass is 9.86. The molecule has 12 rings (SSSR count). The van der Waals surface area contributed by atoms with Crippen LogP contribution in [0.1, 0.15) is 0 Å². The smallest absolute Gasteiger partial charge is 0.145 e. The number of rotatable bonds is 5. The zero-order valence-corrected chi connectivity index (χ0v) is 31.4. The monoisotopic (exact) mass is 738 g/mol. The van der Waals surface area contributed by atoms with E-state index < -0.39 is 0 Å². The van der Waals surface area contributed by atoms with Crippen molar-refractivity contribution in [2.75, 3.05) is 0 Å². The van der Waals surface area contributed by atoms with E-state index in [9.17, 15) is 0 Å². The van der Waals surface area contributed by atoms with Gasteiger partial charge in [0.25, 0.3) is 0 Å². The van der Waals surface area contributed by atoms with Gasteiger partial charge in [-0.1, -0.05) is 158 Å². The van der Waals surface area contributed by atoms with Crippen LogP contribution in [0, 0.1) is 0 Å². The summed E-state index contributed by atoms with van der Waals surface area (Å²) < 4.78 is 4.71. The molecule has 0 aliphatic heterocycles. The van der Waals surface area contributed by atoms with E-state index in [1.54, 1.807) is 0 Å². The van der Waals surface area contributed by atoms with E-state index >= 15 is 0 Å². The minimum atomic E-state index is 0.910. The molecule has 12 aromatic rings. The number of aromatic nitrogens is 4. The van der Waals surface area contributed by atoms with Gasteiger partial charge in [-0.2, -0.15) is 0 Å². The van der Waals surface area contributed by atoms with Gasteiger partial charge in [0, 0.05) is 21.9 Å². The number of hydrogen-bond donors (Lipinski definition) is 0. The Bertz CT molecular complexity index is 3380. The molecule has 270 valence electrons. The molecule has 0 aliphatic rings. The molecule has 0 amide bonds. The van der Waals surface area contributed by atoms with Crippen LogP contribution in [0.2, 0.25) is 0 Å². The normalized spacial score (nSPS) is 11.8. The second-order valence-electron chi connectivity index (χ2n) is 14.9. The molecular weight excluding hydrogens is 705 g/mol. The van der Waals surface area contributed by atoms with Gasteiger partial charge in [0.1, 0.15) is 11.6 Å². The lowest BCUT2D eigenvalue weighted by molar-refractivity contribution is 1.11. The topological polar surface area (TPSA) is 35.6 Å². The Balaban J connectivity index is 1.28. The van der Waals surface area contributed by atoms with E-state index in [-0.39, 0.29) is 0 Å². The van der Waals surface area contributed by atoms with E-state index in [1.165, 1.54) is 43.4 Å². The molecule has 0 unspecified atom stereocenters. The van der Waals surface area contributed by atoms with Crippen LogP contribution in [-0.2, 0) is 0 Å². The Kier molecular flexibility index (Phi) is 7.20. The van der Waals surface area contributed by atoms with Gasteiger partial charge in [-0.05, 0) is 92.0 Å². The molecule has 0 aliphatic carbocycles. The molecule has 0 bridgehead atoms. The molecule has 0 saturated carbocycles. The van der Waals surface area contributed by atoms with E-state index in [0.717, 1.165) is 67.0 Å². The summed E-state index contributed by atoms with van der Waals surface area (Å²) in [6.07, 6.45) is 0. The summed E-state index contributed by atoms with van der Waals surface area (Å²) in [6.45, 7) is 0. The van der Waals surface area contributed by atoms with Crippen molar-refractivity contribution in [1.29, 1.82) is 0 Å². The summed E-state index contributed by atoms with van der Waals surface area (Å²) in [7, 11) is 0. The Hall–Kier alpha value is -7.82. The van der Waals surface area contributed by atoms with Crippen molar-refractivity contribution in [2.24, 2.45) is 0 Å². The molecule has 2 aromatic heterocycles. The molecule has 4 nitrogen and oxygen atoms in total. The molecule has 0 spiro atoms. The molecule has 0 fully saturated rings. The van der Waals surface area contributed by atoms with Gasteiger partial charge in [-0.15, -0.1) is 0 Å². The Morgan fingerprint density at radius 3 is 1.33 bits per heavy atom. The van der Waals surface area contributed by atoms with Crippen LogP contribution in [0.15, 0.2) is 206 Å². The summed E-state index contributed by atoms with van der Waals surface area (Å²) in [4.78, 5) is 10.5. The maximum absolute atomic E-state index is 5.27. The van der Waals surface area contributed by atoms with Crippen LogP contribution in [0.25, 0.3) is 110 Å². The van der Waals surface area contributed by atoms with Crippen molar-refractivity contribution < 1.29 is 0 Å². The van der Waals surface area contributed by atoms with Gasteiger partial charge in [-0.25, -0.2) is 9.97 Å². The lowest BCUT2D eigenvalue weighted by Gasteiger charge is -2.21. The minimum Gasteiger partial charge on any atom is -0.292 e. The van der Waals surface area contributed by atoms with Crippen LogP contribution < -0.4 is 0 Å². The SMILES string of the molecule is c1ccc(-c2nc3ccccc3n2-c2cccc3c(-c4cc5ccccc5c5ccccc45)c4cccc(-n5c(-c6ccccc6)nc6ccccc65)c4cc23)cc1. The number of benzene rings is 10. The minimum absolute atomic E-state index is 0.910. The van der Waals surface area contributed by atoms with Crippen LogP contribution in [0.5, 0.6) is 0 Å². The third-order valence-electron chi connectivity index (χ3n) is 11.7. The van der Waals surface area contributed by atoms with E-state index in [0.29, 0.717) is 0 Å². The molecule has 0 atom stereocenters. The Morgan fingerprint density at radius 2 is 0.759 bits per heavy atom. The van der Waals surface area contributed by atoms with Crippen molar-refractivity contribution in [3.05, 3.63) is 206 Å². The number of para-hydroxylation sites is 4. The Labute approximate surface area is 334 Å². The highest BCUT2D eigenvalue weighted by molar-refractivity contribution is 6.23. The van der Waals surface area contributed by atoms with Crippen molar-refractivity contribution in [3.63, 3.8) is 0 Å². The molecule has 10 aromatic carbocycles. The Morgan fingerprint density at radius 1 is 0.310 bits per heavy atom. The van der Waals surface area contributed by atoms with Gasteiger partial charge in [0.2, 0.25) is 0 Å². The summed E-state index contributed by atoms with van der Waals surface area (Å²) in [5.41, 5.74) is 10.7. The predicted molar refractivity (Wildman–Crippen MR) is 242 cm³/mol. The van der Waals surface area contributed by atoms with Crippen LogP contribution in [0.4, 0.5) is 0 Å². The molecule has 0 saturated heterocycles. The first-order valence-corrected chi connectivity index (χ1v) is 19.8. The fourth-order valence-corrected chi connectivity index (χ4v) is 9.18. The van der Waals surface area contributed by atoms with Gasteiger partial charge in [-0.3, -0.25) is 9.13 Å². The molecule has 4 heteroatoms. The summed E-state index contributed by atoms with van der Waals surface area (Å²) in [5, 5.41) is 9.57. The fraction of sp³-hybridized carbons (Fsp3) is 0. The maximum Gasteiger partial charge on any atom is 0.145 e. The number of fused-ring (bicyclic) bond motifs is 7. The third kappa shape index (κ3) is 4.88. The third-order valence-corrected chi connectivity index (χ3v) is 11.7. The van der Waals surface area contributed by atoms with Crippen LogP contribution in [-0.4, -0.2) is 19.1 Å². The number of nitrogens with zero attached hydrogens (tertiary/aromatic N) is 4. The quantitative estimate of drug-likeness (QED) is 0.130. The second kappa shape index (κ2) is 12.9. The number of imidazole rings is 2. The molecular formula is C54H34N4. The van der Waals surface area contributed by atoms with Crippen molar-refractivity contribution >= 4 is 65.2 Å². The first kappa shape index (κ1) is 32.4. The first-order chi connectivity index (χ1) is 28.8. The number of hydrogen-bond acceptors (Lipinski definition) is 2.